The first-order valence-electron chi connectivity index (χ1n) is 32.2. The van der Waals surface area contributed by atoms with Crippen LogP contribution in [0.25, 0.3) is 17.1 Å². The second-order valence-corrected chi connectivity index (χ2v) is 24.6. The largest absolute Gasteiger partial charge is 0.495 e. The molecule has 0 saturated carbocycles. The standard InChI is InChI=1S/C25H28FN3O3.2C25H26FN3O3.2CH4/c3*1-16-14-28(15-27-16)22-11-8-19(13-23(22)32-3)24(30)21-5-4-12-29(25(21)31)17(2)18-6-9-20(26)10-7-18;;/h6-11,13-15,17,21,24,30H,4-5,12H2,1-3H3;2*6-11,13-15,17,21H,4-5,12H2,1-3H3;2*1H4. The summed E-state index contributed by atoms with van der Waals surface area (Å²) in [6, 6.07) is 33.7. The van der Waals surface area contributed by atoms with Crippen LogP contribution in [-0.2, 0) is 14.4 Å². The van der Waals surface area contributed by atoms with Crippen LogP contribution in [-0.4, -0.2) is 119 Å². The van der Waals surface area contributed by atoms with E-state index in [1.54, 1.807) is 134 Å². The first-order chi connectivity index (χ1) is 46.2. The number of hydrogen-bond acceptors (Lipinski definition) is 12. The van der Waals surface area contributed by atoms with Crippen LogP contribution in [0.5, 0.6) is 17.2 Å². The number of imidazole rings is 3. The van der Waals surface area contributed by atoms with Crippen molar-refractivity contribution in [3.8, 4) is 34.3 Å². The Morgan fingerprint density at radius 1 is 0.449 bits per heavy atom. The maximum atomic E-state index is 13.3. The molecule has 3 aliphatic rings. The molecule has 7 unspecified atom stereocenters. The predicted octanol–water partition coefficient (Wildman–Crippen LogP) is 14.7. The molecule has 0 aliphatic carbocycles. The van der Waals surface area contributed by atoms with E-state index in [0.29, 0.717) is 72.8 Å². The minimum Gasteiger partial charge on any atom is -0.495 e. The molecule has 516 valence electrons. The number of Topliss-reactive ketones (excluding diaryl/α,β-unsaturated/α-hetero) is 2. The first kappa shape index (κ1) is 73.7. The molecule has 3 saturated heterocycles. The number of aliphatic hydroxyl groups is 1. The Kier molecular flexibility index (Phi) is 24.6. The molecule has 0 spiro atoms. The van der Waals surface area contributed by atoms with Gasteiger partial charge >= 0.3 is 0 Å². The Labute approximate surface area is 571 Å². The lowest BCUT2D eigenvalue weighted by molar-refractivity contribution is -0.145. The van der Waals surface area contributed by atoms with Gasteiger partial charge in [0.05, 0.1) is 105 Å². The highest BCUT2D eigenvalue weighted by Crippen LogP contribution is 2.39. The summed E-state index contributed by atoms with van der Waals surface area (Å²) in [7, 11) is 4.68. The smallest absolute Gasteiger partial charge is 0.234 e. The maximum absolute atomic E-state index is 13.3. The van der Waals surface area contributed by atoms with Crippen molar-refractivity contribution in [1.82, 2.24) is 43.4 Å². The molecule has 6 heterocycles. The summed E-state index contributed by atoms with van der Waals surface area (Å²) >= 11 is 0. The number of benzene rings is 6. The van der Waals surface area contributed by atoms with Crippen LogP contribution in [0.1, 0.15) is 158 Å². The molecule has 3 aliphatic heterocycles. The summed E-state index contributed by atoms with van der Waals surface area (Å²) < 4.78 is 62.0. The third-order valence-corrected chi connectivity index (χ3v) is 18.4. The zero-order valence-corrected chi connectivity index (χ0v) is 55.4. The van der Waals surface area contributed by atoms with Gasteiger partial charge in [0.1, 0.15) is 46.5 Å². The molecule has 9 aromatic rings. The normalized spacial score (nSPS) is 17.3. The number of aromatic nitrogens is 6. The SMILES string of the molecule is C.C.COc1cc(C(=O)C2CCCN(C(C)c3ccc(F)cc3)C2=O)ccc1-n1cnc(C)c1.COc1cc(C(=O)C2CCCN(C(C)c3ccc(F)cc3)C2=O)ccc1-n1cnc(C)c1.COc1cc(C(O)C2CCCN(C(C)c3ccc(F)cc3)C2=O)ccc1-n1cnc(C)c1. The van der Waals surface area contributed by atoms with E-state index in [4.69, 9.17) is 14.2 Å². The fourth-order valence-corrected chi connectivity index (χ4v) is 12.9. The predicted molar refractivity (Wildman–Crippen MR) is 369 cm³/mol. The second-order valence-electron chi connectivity index (χ2n) is 24.6. The van der Waals surface area contributed by atoms with Crippen LogP contribution in [0.4, 0.5) is 13.2 Å². The topological polar surface area (TPSA) is 196 Å². The molecule has 6 aromatic carbocycles. The number of nitrogens with zero attached hydrogens (tertiary/aromatic N) is 9. The lowest BCUT2D eigenvalue weighted by Gasteiger charge is -2.38. The maximum Gasteiger partial charge on any atom is 0.234 e. The van der Waals surface area contributed by atoms with Crippen LogP contribution in [0.3, 0.4) is 0 Å². The number of aryl methyl sites for hydroxylation is 3. The Morgan fingerprint density at radius 2 is 0.755 bits per heavy atom. The third kappa shape index (κ3) is 16.4. The van der Waals surface area contributed by atoms with E-state index in [-0.39, 0.29) is 79.7 Å². The second kappa shape index (κ2) is 32.7. The van der Waals surface area contributed by atoms with Crippen molar-refractivity contribution in [2.24, 2.45) is 17.8 Å². The highest BCUT2D eigenvalue weighted by molar-refractivity contribution is 6.11. The number of methoxy groups -OCH3 is 3. The molecule has 12 rings (SSSR count). The van der Waals surface area contributed by atoms with Gasteiger partial charge in [-0.3, -0.25) is 24.0 Å². The van der Waals surface area contributed by atoms with Crippen molar-refractivity contribution >= 4 is 29.3 Å². The molecule has 98 heavy (non-hydrogen) atoms. The van der Waals surface area contributed by atoms with Crippen LogP contribution >= 0.6 is 0 Å². The molecular formula is C77H88F3N9O9. The van der Waals surface area contributed by atoms with Gasteiger partial charge in [-0.2, -0.15) is 0 Å². The van der Waals surface area contributed by atoms with Crippen molar-refractivity contribution in [3.05, 3.63) is 233 Å². The van der Waals surface area contributed by atoms with E-state index in [1.165, 1.54) is 36.4 Å². The van der Waals surface area contributed by atoms with Gasteiger partial charge in [-0.05, 0) is 187 Å². The Morgan fingerprint density at radius 3 is 1.08 bits per heavy atom. The van der Waals surface area contributed by atoms with Gasteiger partial charge in [-0.1, -0.05) is 57.3 Å². The van der Waals surface area contributed by atoms with Crippen molar-refractivity contribution in [1.29, 1.82) is 0 Å². The van der Waals surface area contributed by atoms with Gasteiger partial charge in [-0.15, -0.1) is 0 Å². The molecule has 18 nitrogen and oxygen atoms in total. The van der Waals surface area contributed by atoms with E-state index < -0.39 is 23.9 Å². The average molecular weight is 1340 g/mol. The molecule has 21 heteroatoms. The summed E-state index contributed by atoms with van der Waals surface area (Å²) in [6.07, 6.45) is 13.7. The van der Waals surface area contributed by atoms with E-state index >= 15 is 0 Å². The van der Waals surface area contributed by atoms with Crippen LogP contribution < -0.4 is 14.2 Å². The first-order valence-corrected chi connectivity index (χ1v) is 32.2. The minimum atomic E-state index is -0.946. The molecule has 1 N–H and O–H groups in total. The number of rotatable bonds is 18. The number of halogens is 3. The number of aliphatic hydroxyl groups excluding tert-OH is 1. The zero-order valence-electron chi connectivity index (χ0n) is 55.4. The fraction of sp³-hybridized carbons (Fsp3) is 0.351. The molecule has 0 radical (unpaired) electrons. The summed E-state index contributed by atoms with van der Waals surface area (Å²) in [5, 5.41) is 11.1. The average Bonchev–Trinajstić information content (AvgIpc) is 0.980. The molecule has 3 aromatic heterocycles. The van der Waals surface area contributed by atoms with Gasteiger partial charge in [0.15, 0.2) is 11.6 Å². The van der Waals surface area contributed by atoms with Crippen LogP contribution in [0.15, 0.2) is 165 Å². The van der Waals surface area contributed by atoms with Gasteiger partial charge in [0.25, 0.3) is 0 Å². The summed E-state index contributed by atoms with van der Waals surface area (Å²) in [5.41, 5.74) is 9.06. The highest BCUT2D eigenvalue weighted by atomic mass is 19.1. The van der Waals surface area contributed by atoms with E-state index in [2.05, 4.69) is 15.0 Å². The van der Waals surface area contributed by atoms with Crippen molar-refractivity contribution < 1.29 is 56.5 Å². The molecule has 3 amide bonds. The Bertz CT molecular complexity index is 4050. The molecule has 0 bridgehead atoms. The van der Waals surface area contributed by atoms with E-state index in [1.807, 2.05) is 86.0 Å². The van der Waals surface area contributed by atoms with Gasteiger partial charge in [0, 0.05) is 49.4 Å². The summed E-state index contributed by atoms with van der Waals surface area (Å²) in [6.45, 7) is 13.2. The lowest BCUT2D eigenvalue weighted by atomic mass is 9.86. The number of piperidine rings is 3. The molecule has 3 fully saturated rings. The minimum absolute atomic E-state index is 0. The lowest BCUT2D eigenvalue weighted by Crippen LogP contribution is -2.45. The van der Waals surface area contributed by atoms with Crippen molar-refractivity contribution in [3.63, 3.8) is 0 Å². The number of hydrogen-bond donors (Lipinski definition) is 1. The Hall–Kier alpha value is -10.2. The third-order valence-electron chi connectivity index (χ3n) is 18.4. The summed E-state index contributed by atoms with van der Waals surface area (Å²) in [5.74, 6) is -2.18. The summed E-state index contributed by atoms with van der Waals surface area (Å²) in [4.78, 5) is 84.4. The number of ether oxygens (including phenoxy) is 3. The Balaban J connectivity index is 0.000000186. The van der Waals surface area contributed by atoms with Gasteiger partial charge < -0.3 is 47.7 Å². The quantitative estimate of drug-likeness (QED) is 0.0631. The van der Waals surface area contributed by atoms with E-state index in [9.17, 15) is 42.3 Å². The van der Waals surface area contributed by atoms with E-state index in [0.717, 1.165) is 70.1 Å². The number of likely N-dealkylation sites (tertiary alicyclic amines) is 3. The van der Waals surface area contributed by atoms with Crippen LogP contribution in [0, 0.1) is 56.0 Å². The number of carbonyl (C=O) groups excluding carboxylic acids is 5. The van der Waals surface area contributed by atoms with Gasteiger partial charge in [-0.25, -0.2) is 28.1 Å². The monoisotopic (exact) mass is 1340 g/mol. The zero-order chi connectivity index (χ0) is 68.5. The van der Waals surface area contributed by atoms with Crippen LogP contribution in [0.2, 0.25) is 0 Å². The number of amides is 3. The van der Waals surface area contributed by atoms with Crippen molar-refractivity contribution in [2.45, 2.75) is 119 Å². The van der Waals surface area contributed by atoms with Crippen molar-refractivity contribution in [2.75, 3.05) is 41.0 Å². The highest BCUT2D eigenvalue weighted by Gasteiger charge is 2.40. The fourth-order valence-electron chi connectivity index (χ4n) is 12.9. The number of carbonyl (C=O) groups is 5. The molecular weight excluding hydrogens is 1250 g/mol. The molecule has 7 atom stereocenters. The van der Waals surface area contributed by atoms with Gasteiger partial charge in [0.2, 0.25) is 17.7 Å². The number of ketones is 2.